The van der Waals surface area contributed by atoms with Gasteiger partial charge in [0.1, 0.15) is 15.2 Å². The molecule has 0 spiro atoms. The van der Waals surface area contributed by atoms with E-state index in [0.29, 0.717) is 15.6 Å². The highest BCUT2D eigenvalue weighted by Crippen LogP contribution is 2.40. The van der Waals surface area contributed by atoms with Crippen molar-refractivity contribution < 1.29 is 31.5 Å². The van der Waals surface area contributed by atoms with Gasteiger partial charge in [-0.1, -0.05) is 0 Å². The van der Waals surface area contributed by atoms with Crippen LogP contribution in [0.4, 0.5) is 13.2 Å². The number of halogens is 3. The molecule has 11 heteroatoms. The summed E-state index contributed by atoms with van der Waals surface area (Å²) in [7, 11) is -4.25. The minimum absolute atomic E-state index is 0.0972. The zero-order valence-electron chi connectivity index (χ0n) is 10.7. The SMILES string of the molecule is N#Cc1ccc(S(=O)(=O)N2C[C@@H](C(F)(F)F)[C@H](C(=O)O)C2)s1. The van der Waals surface area contributed by atoms with Gasteiger partial charge in [0.2, 0.25) is 0 Å². The Morgan fingerprint density at radius 2 is 2.05 bits per heavy atom. The van der Waals surface area contributed by atoms with Crippen LogP contribution in [-0.2, 0) is 14.8 Å². The third-order valence-electron chi connectivity index (χ3n) is 3.31. The maximum atomic E-state index is 12.9. The molecule has 0 amide bonds. The maximum Gasteiger partial charge on any atom is 0.393 e. The average Bonchev–Trinajstić information content (AvgIpc) is 3.05. The molecule has 1 aliphatic heterocycles. The maximum absolute atomic E-state index is 12.9. The highest BCUT2D eigenvalue weighted by Gasteiger charge is 2.55. The Morgan fingerprint density at radius 1 is 1.41 bits per heavy atom. The smallest absolute Gasteiger partial charge is 0.393 e. The molecule has 2 rings (SSSR count). The van der Waals surface area contributed by atoms with Crippen molar-refractivity contribution in [3.63, 3.8) is 0 Å². The van der Waals surface area contributed by atoms with Crippen molar-refractivity contribution in [2.75, 3.05) is 13.1 Å². The van der Waals surface area contributed by atoms with Gasteiger partial charge >= 0.3 is 12.1 Å². The van der Waals surface area contributed by atoms with Crippen LogP contribution in [0.2, 0.25) is 0 Å². The molecule has 1 N–H and O–H groups in total. The molecule has 2 heterocycles. The Kier molecular flexibility index (Phi) is 4.20. The van der Waals surface area contributed by atoms with Crippen molar-refractivity contribution in [3.05, 3.63) is 17.0 Å². The van der Waals surface area contributed by atoms with Gasteiger partial charge in [0, 0.05) is 13.1 Å². The van der Waals surface area contributed by atoms with Gasteiger partial charge in [0.15, 0.2) is 0 Å². The highest BCUT2D eigenvalue weighted by atomic mass is 32.2. The summed E-state index contributed by atoms with van der Waals surface area (Å²) in [5.74, 6) is -5.79. The van der Waals surface area contributed by atoms with E-state index in [0.717, 1.165) is 6.07 Å². The van der Waals surface area contributed by atoms with Crippen molar-refractivity contribution in [1.29, 1.82) is 5.26 Å². The number of thiophene rings is 1. The summed E-state index contributed by atoms with van der Waals surface area (Å²) >= 11 is 0.626. The van der Waals surface area contributed by atoms with E-state index in [9.17, 15) is 26.4 Å². The average molecular weight is 354 g/mol. The third kappa shape index (κ3) is 2.94. The van der Waals surface area contributed by atoms with Crippen molar-refractivity contribution in [2.45, 2.75) is 10.4 Å². The Bertz CT molecular complexity index is 735. The van der Waals surface area contributed by atoms with Gasteiger partial charge in [-0.05, 0) is 12.1 Å². The molecule has 0 radical (unpaired) electrons. The van der Waals surface area contributed by atoms with E-state index in [-0.39, 0.29) is 9.09 Å². The zero-order chi connectivity index (χ0) is 16.7. The van der Waals surface area contributed by atoms with Crippen LogP contribution in [0.5, 0.6) is 0 Å². The summed E-state index contributed by atoms with van der Waals surface area (Å²) in [5, 5.41) is 17.6. The fraction of sp³-hybridized carbons (Fsp3) is 0.455. The van der Waals surface area contributed by atoms with Crippen molar-refractivity contribution in [3.8, 4) is 6.07 Å². The van der Waals surface area contributed by atoms with E-state index in [1.807, 2.05) is 0 Å². The van der Waals surface area contributed by atoms with Gasteiger partial charge < -0.3 is 5.11 Å². The summed E-state index contributed by atoms with van der Waals surface area (Å²) in [4.78, 5) is 11.1. The molecule has 0 aliphatic carbocycles. The third-order valence-corrected chi connectivity index (χ3v) is 6.60. The lowest BCUT2D eigenvalue weighted by Gasteiger charge is -2.18. The normalized spacial score (nSPS) is 23.4. The van der Waals surface area contributed by atoms with Crippen LogP contribution in [-0.4, -0.2) is 43.1 Å². The predicted octanol–water partition coefficient (Wildman–Crippen LogP) is 1.50. The molecule has 2 atom stereocenters. The molecule has 22 heavy (non-hydrogen) atoms. The van der Waals surface area contributed by atoms with Gasteiger partial charge in [-0.25, -0.2) is 8.42 Å². The van der Waals surface area contributed by atoms with Crippen molar-refractivity contribution >= 4 is 27.3 Å². The van der Waals surface area contributed by atoms with Crippen LogP contribution in [0.3, 0.4) is 0 Å². The van der Waals surface area contributed by atoms with E-state index < -0.39 is 47.1 Å². The molecule has 1 aromatic rings. The number of nitrogens with zero attached hydrogens (tertiary/aromatic N) is 2. The van der Waals surface area contributed by atoms with Crippen LogP contribution in [0.15, 0.2) is 16.3 Å². The Hall–Kier alpha value is -1.64. The lowest BCUT2D eigenvalue weighted by atomic mass is 9.96. The van der Waals surface area contributed by atoms with Gasteiger partial charge in [0.25, 0.3) is 10.0 Å². The van der Waals surface area contributed by atoms with Gasteiger partial charge in [-0.15, -0.1) is 11.3 Å². The van der Waals surface area contributed by atoms with E-state index >= 15 is 0 Å². The molecule has 0 saturated carbocycles. The fourth-order valence-corrected chi connectivity index (χ4v) is 4.94. The molecular weight excluding hydrogens is 345 g/mol. The van der Waals surface area contributed by atoms with Gasteiger partial charge in [-0.3, -0.25) is 4.79 Å². The van der Waals surface area contributed by atoms with E-state index in [1.54, 1.807) is 6.07 Å². The minimum atomic E-state index is -4.80. The molecular formula is C11H9F3N2O4S2. The Balaban J connectivity index is 2.34. The molecule has 1 fully saturated rings. The van der Waals surface area contributed by atoms with Crippen LogP contribution in [0.25, 0.3) is 0 Å². The molecule has 1 aromatic heterocycles. The number of nitriles is 1. The lowest BCUT2D eigenvalue weighted by Crippen LogP contribution is -2.34. The van der Waals surface area contributed by atoms with Crippen LogP contribution in [0.1, 0.15) is 4.88 Å². The lowest BCUT2D eigenvalue weighted by molar-refractivity contribution is -0.187. The number of carboxylic acids is 1. The molecule has 0 bridgehead atoms. The standard InChI is InChI=1S/C11H9F3N2O4S2/c12-11(13,14)8-5-16(4-7(8)10(17)18)22(19,20)9-2-1-6(3-15)21-9/h1-2,7-8H,4-5H2,(H,17,18)/t7-,8-/m1/s1. The number of hydrogen-bond acceptors (Lipinski definition) is 5. The summed E-state index contributed by atoms with van der Waals surface area (Å²) in [6, 6.07) is 4.09. The molecule has 1 aliphatic rings. The number of alkyl halides is 3. The van der Waals surface area contributed by atoms with E-state index in [4.69, 9.17) is 10.4 Å². The predicted molar refractivity (Wildman–Crippen MR) is 68.5 cm³/mol. The second-order valence-electron chi connectivity index (χ2n) is 4.65. The molecule has 6 nitrogen and oxygen atoms in total. The second-order valence-corrected chi connectivity index (χ2v) is 7.89. The first-order valence-corrected chi connectivity index (χ1v) is 8.12. The summed E-state index contributed by atoms with van der Waals surface area (Å²) in [6.07, 6.45) is -4.80. The van der Waals surface area contributed by atoms with Crippen molar-refractivity contribution in [2.24, 2.45) is 11.8 Å². The molecule has 0 unspecified atom stereocenters. The molecule has 120 valence electrons. The van der Waals surface area contributed by atoms with E-state index in [1.165, 1.54) is 6.07 Å². The Labute approximate surface area is 127 Å². The number of aliphatic carboxylic acids is 1. The van der Waals surface area contributed by atoms with Gasteiger partial charge in [0.05, 0.1) is 11.8 Å². The number of hydrogen-bond donors (Lipinski definition) is 1. The first kappa shape index (κ1) is 16.7. The Morgan fingerprint density at radius 3 is 2.45 bits per heavy atom. The topological polar surface area (TPSA) is 98.5 Å². The van der Waals surface area contributed by atoms with Crippen molar-refractivity contribution in [1.82, 2.24) is 4.31 Å². The first-order valence-electron chi connectivity index (χ1n) is 5.87. The number of sulfonamides is 1. The minimum Gasteiger partial charge on any atom is -0.481 e. The largest absolute Gasteiger partial charge is 0.481 e. The fourth-order valence-electron chi connectivity index (χ4n) is 2.19. The monoisotopic (exact) mass is 354 g/mol. The zero-order valence-corrected chi connectivity index (χ0v) is 12.4. The summed E-state index contributed by atoms with van der Waals surface area (Å²) in [6.45, 7) is -1.69. The quantitative estimate of drug-likeness (QED) is 0.887. The summed E-state index contributed by atoms with van der Waals surface area (Å²) in [5.41, 5.74) is 0. The van der Waals surface area contributed by atoms with Crippen LogP contribution >= 0.6 is 11.3 Å². The van der Waals surface area contributed by atoms with Gasteiger partial charge in [-0.2, -0.15) is 22.7 Å². The van der Waals surface area contributed by atoms with Crippen LogP contribution in [0, 0.1) is 23.2 Å². The first-order chi connectivity index (χ1) is 10.1. The number of carboxylic acid groups (broad SMARTS) is 1. The van der Waals surface area contributed by atoms with Crippen LogP contribution < -0.4 is 0 Å². The second kappa shape index (κ2) is 5.53. The number of rotatable bonds is 3. The van der Waals surface area contributed by atoms with E-state index in [2.05, 4.69) is 0 Å². The molecule has 1 saturated heterocycles. The number of carbonyl (C=O) groups is 1. The highest BCUT2D eigenvalue weighted by molar-refractivity contribution is 7.91. The summed E-state index contributed by atoms with van der Waals surface area (Å²) < 4.78 is 63.4. The molecule has 0 aromatic carbocycles.